The standard InChI is InChI=1S/C27H19F3N4O3/c28-15-6-7-22(20(29)8-15)34-13-19(27(36)37)24(35)16-9-21(30)26(32-25(16)34)33-11-17-18(12-33)23(17)31-10-14-4-2-1-3-5-14/h1-10,13,17-18,23H,11-12H2,(H,36,37)/t17-,18+,23?. The highest BCUT2D eigenvalue weighted by Gasteiger charge is 2.56. The Hall–Kier alpha value is -4.47. The predicted octanol–water partition coefficient (Wildman–Crippen LogP) is 4.05. The van der Waals surface area contributed by atoms with Crippen molar-refractivity contribution in [3.05, 3.63) is 99.6 Å². The predicted molar refractivity (Wildman–Crippen MR) is 131 cm³/mol. The smallest absolute Gasteiger partial charge is 0.341 e. The molecule has 3 atom stereocenters. The minimum atomic E-state index is -1.56. The number of fused-ring (bicyclic) bond motifs is 2. The number of carbonyl (C=O) groups is 1. The van der Waals surface area contributed by atoms with Gasteiger partial charge in [-0.15, -0.1) is 0 Å². The van der Waals surface area contributed by atoms with Gasteiger partial charge in [0.25, 0.3) is 0 Å². The zero-order chi connectivity index (χ0) is 25.8. The van der Waals surface area contributed by atoms with Crippen LogP contribution in [0.3, 0.4) is 0 Å². The van der Waals surface area contributed by atoms with Gasteiger partial charge in [-0.3, -0.25) is 14.4 Å². The summed E-state index contributed by atoms with van der Waals surface area (Å²) < 4.78 is 44.4. The molecule has 1 aliphatic carbocycles. The summed E-state index contributed by atoms with van der Waals surface area (Å²) in [5, 5.41) is 9.16. The number of halogens is 3. The molecule has 7 nitrogen and oxygen atoms in total. The summed E-state index contributed by atoms with van der Waals surface area (Å²) in [7, 11) is 0. The Morgan fingerprint density at radius 2 is 1.76 bits per heavy atom. The van der Waals surface area contributed by atoms with Crippen LogP contribution in [0.1, 0.15) is 15.9 Å². The third kappa shape index (κ3) is 3.94. The Balaban J connectivity index is 1.37. The Kier molecular flexibility index (Phi) is 5.32. The first-order valence-corrected chi connectivity index (χ1v) is 11.6. The van der Waals surface area contributed by atoms with E-state index in [0.29, 0.717) is 19.2 Å². The summed E-state index contributed by atoms with van der Waals surface area (Å²) in [5.74, 6) is -3.74. The van der Waals surface area contributed by atoms with Gasteiger partial charge in [0, 0.05) is 43.4 Å². The lowest BCUT2D eigenvalue weighted by molar-refractivity contribution is 0.0695. The van der Waals surface area contributed by atoms with Crippen LogP contribution in [0.5, 0.6) is 0 Å². The van der Waals surface area contributed by atoms with Crippen LogP contribution in [0.4, 0.5) is 19.0 Å². The van der Waals surface area contributed by atoms with E-state index in [4.69, 9.17) is 0 Å². The summed E-state index contributed by atoms with van der Waals surface area (Å²) in [6.07, 6.45) is 2.76. The monoisotopic (exact) mass is 504 g/mol. The molecule has 1 N–H and O–H groups in total. The molecule has 0 amide bonds. The number of aromatic nitrogens is 2. The van der Waals surface area contributed by atoms with Crippen molar-refractivity contribution in [3.8, 4) is 5.69 Å². The number of aromatic carboxylic acids is 1. The number of carboxylic acids is 1. The number of carboxylic acid groups (broad SMARTS) is 1. The van der Waals surface area contributed by atoms with E-state index in [1.54, 1.807) is 4.90 Å². The molecule has 2 aromatic heterocycles. The van der Waals surface area contributed by atoms with Gasteiger partial charge in [-0.25, -0.2) is 22.9 Å². The van der Waals surface area contributed by atoms with E-state index in [1.165, 1.54) is 0 Å². The van der Waals surface area contributed by atoms with Crippen molar-refractivity contribution in [2.75, 3.05) is 18.0 Å². The van der Waals surface area contributed by atoms with E-state index in [1.807, 2.05) is 36.5 Å². The van der Waals surface area contributed by atoms with Gasteiger partial charge in [-0.05, 0) is 23.8 Å². The summed E-state index contributed by atoms with van der Waals surface area (Å²) in [5.41, 5.74) is -0.988. The van der Waals surface area contributed by atoms with Crippen molar-refractivity contribution in [1.29, 1.82) is 0 Å². The number of rotatable bonds is 5. The maximum atomic E-state index is 15.2. The molecular weight excluding hydrogens is 485 g/mol. The molecule has 2 aromatic carbocycles. The fraction of sp³-hybridized carbons (Fsp3) is 0.185. The number of aliphatic imine (C=N–C) groups is 1. The van der Waals surface area contributed by atoms with Crippen LogP contribution < -0.4 is 10.3 Å². The van der Waals surface area contributed by atoms with Crippen molar-refractivity contribution in [2.24, 2.45) is 16.8 Å². The summed E-state index contributed by atoms with van der Waals surface area (Å²) in [6.45, 7) is 0.998. The van der Waals surface area contributed by atoms with Gasteiger partial charge >= 0.3 is 5.97 Å². The molecule has 1 saturated heterocycles. The normalized spacial score (nSPS) is 20.5. The van der Waals surface area contributed by atoms with Gasteiger partial charge in [0.1, 0.15) is 17.2 Å². The van der Waals surface area contributed by atoms with Gasteiger partial charge in [0.15, 0.2) is 17.3 Å². The summed E-state index contributed by atoms with van der Waals surface area (Å²) in [4.78, 5) is 35.2. The van der Waals surface area contributed by atoms with Crippen molar-refractivity contribution in [2.45, 2.75) is 6.04 Å². The van der Waals surface area contributed by atoms with Crippen LogP contribution in [-0.2, 0) is 0 Å². The van der Waals surface area contributed by atoms with Crippen molar-refractivity contribution in [1.82, 2.24) is 9.55 Å². The molecule has 186 valence electrons. The van der Waals surface area contributed by atoms with Gasteiger partial charge in [-0.2, -0.15) is 0 Å². The maximum absolute atomic E-state index is 15.2. The molecule has 37 heavy (non-hydrogen) atoms. The minimum Gasteiger partial charge on any atom is -0.477 e. The molecule has 2 aliphatic rings. The van der Waals surface area contributed by atoms with E-state index >= 15 is 4.39 Å². The molecule has 1 saturated carbocycles. The molecule has 1 aliphatic heterocycles. The number of benzene rings is 2. The first-order chi connectivity index (χ1) is 17.8. The molecule has 10 heteroatoms. The Morgan fingerprint density at radius 3 is 2.43 bits per heavy atom. The topological polar surface area (TPSA) is 87.8 Å². The molecule has 6 rings (SSSR count). The van der Waals surface area contributed by atoms with Crippen LogP contribution in [0.2, 0.25) is 0 Å². The SMILES string of the molecule is O=C(O)c1cn(-c2ccc(F)cc2F)c2nc(N3C[C@@H]4C(N=Cc5ccccc5)[C@@H]4C3)c(F)cc2c1=O. The maximum Gasteiger partial charge on any atom is 0.341 e. The second-order valence-electron chi connectivity index (χ2n) is 9.22. The van der Waals surface area contributed by atoms with Crippen LogP contribution in [0.25, 0.3) is 16.7 Å². The fourth-order valence-electron chi connectivity index (χ4n) is 5.05. The van der Waals surface area contributed by atoms with Crippen LogP contribution in [0.15, 0.2) is 70.6 Å². The lowest BCUT2D eigenvalue weighted by Crippen LogP contribution is -2.28. The number of hydrogen-bond acceptors (Lipinski definition) is 5. The first-order valence-electron chi connectivity index (χ1n) is 11.6. The van der Waals surface area contributed by atoms with E-state index in [0.717, 1.165) is 34.5 Å². The molecular formula is C27H19F3N4O3. The van der Waals surface area contributed by atoms with Crippen LogP contribution in [0, 0.1) is 29.3 Å². The minimum absolute atomic E-state index is 0.0239. The second-order valence-corrected chi connectivity index (χ2v) is 9.22. The quantitative estimate of drug-likeness (QED) is 0.415. The van der Waals surface area contributed by atoms with Gasteiger partial charge in [-0.1, -0.05) is 30.3 Å². The molecule has 0 radical (unpaired) electrons. The van der Waals surface area contributed by atoms with E-state index < -0.39 is 34.4 Å². The van der Waals surface area contributed by atoms with Gasteiger partial charge < -0.3 is 10.0 Å². The molecule has 0 bridgehead atoms. The fourth-order valence-corrected chi connectivity index (χ4v) is 5.05. The largest absolute Gasteiger partial charge is 0.477 e. The molecule has 4 aromatic rings. The van der Waals surface area contributed by atoms with Crippen molar-refractivity contribution in [3.63, 3.8) is 0 Å². The Morgan fingerprint density at radius 1 is 1.03 bits per heavy atom. The molecule has 3 heterocycles. The van der Waals surface area contributed by atoms with E-state index in [9.17, 15) is 23.5 Å². The average Bonchev–Trinajstić information content (AvgIpc) is 3.32. The Labute approximate surface area is 208 Å². The highest BCUT2D eigenvalue weighted by atomic mass is 19.1. The molecule has 0 spiro atoms. The Bertz CT molecular complexity index is 1640. The van der Waals surface area contributed by atoms with Crippen molar-refractivity contribution < 1.29 is 23.1 Å². The number of anilines is 1. The van der Waals surface area contributed by atoms with Crippen LogP contribution in [-0.4, -0.2) is 46.0 Å². The van der Waals surface area contributed by atoms with E-state index in [-0.39, 0.29) is 40.4 Å². The van der Waals surface area contributed by atoms with Crippen LogP contribution >= 0.6 is 0 Å². The lowest BCUT2D eigenvalue weighted by atomic mass is 10.1. The lowest BCUT2D eigenvalue weighted by Gasteiger charge is -2.22. The van der Waals surface area contributed by atoms with Crippen molar-refractivity contribution >= 4 is 29.0 Å². The van der Waals surface area contributed by atoms with Gasteiger partial charge in [0.2, 0.25) is 5.43 Å². The number of pyridine rings is 2. The average molecular weight is 504 g/mol. The van der Waals surface area contributed by atoms with Gasteiger partial charge in [0.05, 0.1) is 17.1 Å². The number of nitrogens with zero attached hydrogens (tertiary/aromatic N) is 4. The zero-order valence-corrected chi connectivity index (χ0v) is 19.2. The first kappa shape index (κ1) is 23.0. The third-order valence-electron chi connectivity index (χ3n) is 6.96. The summed E-state index contributed by atoms with van der Waals surface area (Å²) >= 11 is 0. The number of piperidine rings is 1. The highest BCUT2D eigenvalue weighted by molar-refractivity contribution is 5.92. The zero-order valence-electron chi connectivity index (χ0n) is 19.2. The number of hydrogen-bond donors (Lipinski definition) is 1. The second kappa shape index (κ2) is 8.58. The molecule has 2 fully saturated rings. The highest BCUT2D eigenvalue weighted by Crippen LogP contribution is 2.49. The third-order valence-corrected chi connectivity index (χ3v) is 6.96. The van der Waals surface area contributed by atoms with E-state index in [2.05, 4.69) is 9.98 Å². The molecule has 1 unspecified atom stereocenters. The summed E-state index contributed by atoms with van der Waals surface area (Å²) in [6, 6.07) is 13.5.